The van der Waals surface area contributed by atoms with E-state index in [1.165, 1.54) is 38.5 Å². The van der Waals surface area contributed by atoms with Crippen molar-refractivity contribution in [3.8, 4) is 0 Å². The van der Waals surface area contributed by atoms with Crippen molar-refractivity contribution in [3.05, 3.63) is 12.2 Å². The summed E-state index contributed by atoms with van der Waals surface area (Å²) in [6.07, 6.45) is 8.19. The number of hydrogen-bond acceptors (Lipinski definition) is 2. The van der Waals surface area contributed by atoms with Crippen molar-refractivity contribution in [2.45, 2.75) is 51.6 Å². The Hall–Kier alpha value is -1.03. The lowest BCUT2D eigenvalue weighted by atomic mass is 10.1. The molecule has 0 bridgehead atoms. The zero-order valence-electron chi connectivity index (χ0n) is 11.6. The molecule has 0 aromatic rings. The molecule has 1 aliphatic rings. The number of ether oxygens (including phenoxy) is 1. The van der Waals surface area contributed by atoms with Crippen molar-refractivity contribution in [1.29, 1.82) is 0 Å². The molecule has 4 heteroatoms. The molecule has 0 aromatic heterocycles. The average Bonchev–Trinajstić information content (AvgIpc) is 2.60. The number of aliphatic imine (C=N–C) groups is 1. The normalized spacial score (nSPS) is 18.4. The van der Waals surface area contributed by atoms with Crippen molar-refractivity contribution >= 4 is 5.96 Å². The second-order valence-electron chi connectivity index (χ2n) is 5.07. The molecule has 1 aliphatic carbocycles. The van der Waals surface area contributed by atoms with Gasteiger partial charge in [-0.1, -0.05) is 37.8 Å². The number of hydrogen-bond donors (Lipinski definition) is 2. The fourth-order valence-corrected chi connectivity index (χ4v) is 2.09. The van der Waals surface area contributed by atoms with Crippen LogP contribution in [0, 0.1) is 0 Å². The van der Waals surface area contributed by atoms with E-state index >= 15 is 0 Å². The molecule has 3 N–H and O–H groups in total. The Labute approximate surface area is 111 Å². The van der Waals surface area contributed by atoms with Gasteiger partial charge in [0.1, 0.15) is 0 Å². The Morgan fingerprint density at radius 2 is 2.00 bits per heavy atom. The van der Waals surface area contributed by atoms with Gasteiger partial charge in [-0.2, -0.15) is 0 Å². The van der Waals surface area contributed by atoms with E-state index < -0.39 is 0 Å². The van der Waals surface area contributed by atoms with Crippen LogP contribution in [0.5, 0.6) is 0 Å². The van der Waals surface area contributed by atoms with Crippen LogP contribution >= 0.6 is 0 Å². The SMILES string of the molecule is C=C(C)CN=C(N)NCCOC1CCCCCC1. The van der Waals surface area contributed by atoms with Crippen LogP contribution in [-0.2, 0) is 4.74 Å². The summed E-state index contributed by atoms with van der Waals surface area (Å²) in [5, 5.41) is 3.05. The Balaban J connectivity index is 2.06. The summed E-state index contributed by atoms with van der Waals surface area (Å²) in [5.74, 6) is 0.475. The molecule has 1 rings (SSSR count). The molecule has 0 aromatic carbocycles. The minimum absolute atomic E-state index is 0.447. The van der Waals surface area contributed by atoms with Crippen molar-refractivity contribution < 1.29 is 4.74 Å². The van der Waals surface area contributed by atoms with Gasteiger partial charge in [0.2, 0.25) is 0 Å². The summed E-state index contributed by atoms with van der Waals surface area (Å²) < 4.78 is 5.85. The highest BCUT2D eigenvalue weighted by atomic mass is 16.5. The molecule has 104 valence electrons. The maximum Gasteiger partial charge on any atom is 0.188 e. The lowest BCUT2D eigenvalue weighted by Crippen LogP contribution is -2.35. The molecule has 4 nitrogen and oxygen atoms in total. The fourth-order valence-electron chi connectivity index (χ4n) is 2.09. The Kier molecular flexibility index (Phi) is 7.49. The highest BCUT2D eigenvalue weighted by Gasteiger charge is 2.11. The average molecular weight is 253 g/mol. The second-order valence-corrected chi connectivity index (χ2v) is 5.07. The van der Waals surface area contributed by atoms with Gasteiger partial charge in [0.05, 0.1) is 19.3 Å². The van der Waals surface area contributed by atoms with Gasteiger partial charge in [-0.3, -0.25) is 0 Å². The van der Waals surface area contributed by atoms with E-state index in [9.17, 15) is 0 Å². The number of rotatable bonds is 6. The zero-order valence-corrected chi connectivity index (χ0v) is 11.6. The molecular weight excluding hydrogens is 226 g/mol. The van der Waals surface area contributed by atoms with Crippen molar-refractivity contribution in [3.63, 3.8) is 0 Å². The van der Waals surface area contributed by atoms with Crippen LogP contribution in [0.3, 0.4) is 0 Å². The third kappa shape index (κ3) is 7.33. The highest BCUT2D eigenvalue weighted by molar-refractivity contribution is 5.77. The van der Waals surface area contributed by atoms with Crippen molar-refractivity contribution in [2.75, 3.05) is 19.7 Å². The Morgan fingerprint density at radius 1 is 1.33 bits per heavy atom. The number of nitrogens with zero attached hydrogens (tertiary/aromatic N) is 1. The molecule has 1 fully saturated rings. The first-order valence-corrected chi connectivity index (χ1v) is 6.98. The van der Waals surface area contributed by atoms with E-state index in [0.717, 1.165) is 12.1 Å². The predicted octanol–water partition coefficient (Wildman–Crippen LogP) is 2.21. The van der Waals surface area contributed by atoms with E-state index in [0.29, 0.717) is 25.2 Å². The van der Waals surface area contributed by atoms with Crippen LogP contribution in [0.15, 0.2) is 17.1 Å². The molecule has 0 heterocycles. The molecule has 1 saturated carbocycles. The molecule has 18 heavy (non-hydrogen) atoms. The molecular formula is C14H27N3O. The van der Waals surface area contributed by atoms with Crippen molar-refractivity contribution in [1.82, 2.24) is 5.32 Å². The highest BCUT2D eigenvalue weighted by Crippen LogP contribution is 2.19. The lowest BCUT2D eigenvalue weighted by Gasteiger charge is -2.15. The Morgan fingerprint density at radius 3 is 2.61 bits per heavy atom. The zero-order chi connectivity index (χ0) is 13.2. The molecule has 0 atom stereocenters. The van der Waals surface area contributed by atoms with E-state index in [-0.39, 0.29) is 0 Å². The van der Waals surface area contributed by atoms with E-state index in [1.54, 1.807) is 0 Å². The van der Waals surface area contributed by atoms with Gasteiger partial charge in [0, 0.05) is 6.54 Å². The predicted molar refractivity (Wildman–Crippen MR) is 76.7 cm³/mol. The molecule has 0 saturated heterocycles. The summed E-state index contributed by atoms with van der Waals surface area (Å²) in [6.45, 7) is 7.73. The topological polar surface area (TPSA) is 59.6 Å². The van der Waals surface area contributed by atoms with Gasteiger partial charge >= 0.3 is 0 Å². The monoisotopic (exact) mass is 253 g/mol. The minimum Gasteiger partial charge on any atom is -0.376 e. The molecule has 0 unspecified atom stereocenters. The fraction of sp³-hybridized carbons (Fsp3) is 0.786. The summed E-state index contributed by atoms with van der Waals surface area (Å²) >= 11 is 0. The minimum atomic E-state index is 0.447. The van der Waals surface area contributed by atoms with Crippen molar-refractivity contribution in [2.24, 2.45) is 10.7 Å². The van der Waals surface area contributed by atoms with Gasteiger partial charge in [-0.05, 0) is 19.8 Å². The van der Waals surface area contributed by atoms with Crippen LogP contribution in [-0.4, -0.2) is 31.8 Å². The maximum absolute atomic E-state index is 5.85. The number of guanidine groups is 1. The smallest absolute Gasteiger partial charge is 0.188 e. The largest absolute Gasteiger partial charge is 0.376 e. The maximum atomic E-state index is 5.85. The quantitative estimate of drug-likeness (QED) is 0.251. The molecule has 0 amide bonds. The standard InChI is InChI=1S/C14H27N3O/c1-12(2)11-17-14(15)16-9-10-18-13-7-5-3-4-6-8-13/h13H,1,3-11H2,2H3,(H3,15,16,17). The number of nitrogens with two attached hydrogens (primary N) is 1. The van der Waals surface area contributed by atoms with Crippen LogP contribution in [0.4, 0.5) is 0 Å². The molecule has 0 spiro atoms. The summed E-state index contributed by atoms with van der Waals surface area (Å²) in [5.41, 5.74) is 6.72. The number of nitrogens with one attached hydrogen (secondary N) is 1. The van der Waals surface area contributed by atoms with Gasteiger partial charge in [0.15, 0.2) is 5.96 Å². The van der Waals surface area contributed by atoms with Crippen LogP contribution in [0.25, 0.3) is 0 Å². The lowest BCUT2D eigenvalue weighted by molar-refractivity contribution is 0.0468. The van der Waals surface area contributed by atoms with Gasteiger partial charge < -0.3 is 15.8 Å². The third-order valence-corrected chi connectivity index (χ3v) is 3.08. The Bertz CT molecular complexity index is 268. The summed E-state index contributed by atoms with van der Waals surface area (Å²) in [7, 11) is 0. The van der Waals surface area contributed by atoms with Gasteiger partial charge in [-0.15, -0.1) is 0 Å². The van der Waals surface area contributed by atoms with Gasteiger partial charge in [-0.25, -0.2) is 4.99 Å². The summed E-state index contributed by atoms with van der Waals surface area (Å²) in [4.78, 5) is 4.15. The first-order chi connectivity index (χ1) is 8.68. The van der Waals surface area contributed by atoms with E-state index in [1.807, 2.05) is 6.92 Å². The van der Waals surface area contributed by atoms with Crippen LogP contribution in [0.1, 0.15) is 45.4 Å². The molecule has 0 aliphatic heterocycles. The summed E-state index contributed by atoms with van der Waals surface area (Å²) in [6, 6.07) is 0. The first kappa shape index (κ1) is 15.0. The first-order valence-electron chi connectivity index (χ1n) is 6.98. The van der Waals surface area contributed by atoms with Crippen LogP contribution < -0.4 is 11.1 Å². The van der Waals surface area contributed by atoms with Gasteiger partial charge in [0.25, 0.3) is 0 Å². The third-order valence-electron chi connectivity index (χ3n) is 3.08. The molecule has 0 radical (unpaired) electrons. The second kappa shape index (κ2) is 8.97. The van der Waals surface area contributed by atoms with E-state index in [2.05, 4.69) is 16.9 Å². The van der Waals surface area contributed by atoms with E-state index in [4.69, 9.17) is 10.5 Å². The van der Waals surface area contributed by atoms with Crippen LogP contribution in [0.2, 0.25) is 0 Å².